The fourth-order valence-corrected chi connectivity index (χ4v) is 9.44. The normalized spacial score (nSPS) is 22.6. The number of piperazine rings is 4. The molecule has 2 aromatic carbocycles. The maximum atomic E-state index is 12.3. The number of halogens is 2. The number of fused-ring (bicyclic) bond motifs is 2. The molecular formula is C46H70Cl2N8O5. The molecule has 1 N–H and O–H groups in total. The number of nitrogens with zero attached hydrogens (tertiary/aromatic N) is 7. The van der Waals surface area contributed by atoms with Crippen molar-refractivity contribution in [1.29, 1.82) is 0 Å². The van der Waals surface area contributed by atoms with Gasteiger partial charge in [0.2, 0.25) is 0 Å². The Hall–Kier alpha value is -3.33. The predicted octanol–water partition coefficient (Wildman–Crippen LogP) is 6.94. The Bertz CT molecular complexity index is 1770. The minimum atomic E-state index is -0.449. The van der Waals surface area contributed by atoms with E-state index < -0.39 is 5.60 Å². The van der Waals surface area contributed by atoms with E-state index in [1.54, 1.807) is 11.0 Å². The van der Waals surface area contributed by atoms with Crippen molar-refractivity contribution in [2.24, 2.45) is 0 Å². The molecule has 0 aromatic heterocycles. The molecule has 6 fully saturated rings. The summed E-state index contributed by atoms with van der Waals surface area (Å²) in [7, 11) is 0. The standard InChI is InChI=1S/C23H35ClN4O2.C14H17ClN2O.C9H18N2O2/c1-23(2,3)30-22(29)27-11-9-25(10-12-27)16-18-6-7-19(24)15-21(18)28-14-13-26-8-4-5-20(26)17-28;15-12-4-3-11(10-18)14(8-12)17-7-6-16-5-1-2-13(16)9-17;1-9(2,3)13-8(12)11-6-4-10-5-7-11/h6-7,15,20H,4-5,8-14,16-17H2,1-3H3;3-4,8,10,13H,1-2,5-7,9H2;10H,4-7H2,1-3H3/t20-;13-;/m11./s1. The van der Waals surface area contributed by atoms with Gasteiger partial charge in [-0.2, -0.15) is 0 Å². The molecule has 6 heterocycles. The van der Waals surface area contributed by atoms with Gasteiger partial charge in [0.15, 0.2) is 6.29 Å². The topological polar surface area (TPSA) is 104 Å². The van der Waals surface area contributed by atoms with Gasteiger partial charge in [0, 0.05) is 137 Å². The zero-order valence-corrected chi connectivity index (χ0v) is 39.0. The Balaban J connectivity index is 0.000000170. The SMILES string of the molecule is CC(C)(C)OC(=O)N1CCN(Cc2ccc(Cl)cc2N2CCN3CCC[C@@H]3C2)CC1.CC(C)(C)OC(=O)N1CCNCC1.O=Cc1ccc(Cl)cc1N1CCN2CCC[C@@H]2C1. The lowest BCUT2D eigenvalue weighted by atomic mass is 10.1. The van der Waals surface area contributed by atoms with Gasteiger partial charge >= 0.3 is 12.2 Å². The third-order valence-electron chi connectivity index (χ3n) is 12.2. The van der Waals surface area contributed by atoms with Crippen LogP contribution in [0.15, 0.2) is 36.4 Å². The highest BCUT2D eigenvalue weighted by atomic mass is 35.5. The molecule has 6 aliphatic heterocycles. The van der Waals surface area contributed by atoms with E-state index in [9.17, 15) is 14.4 Å². The summed E-state index contributed by atoms with van der Waals surface area (Å²) >= 11 is 12.4. The van der Waals surface area contributed by atoms with Crippen molar-refractivity contribution in [3.63, 3.8) is 0 Å². The summed E-state index contributed by atoms with van der Waals surface area (Å²) in [5.74, 6) is 0. The first-order valence-electron chi connectivity index (χ1n) is 22.5. The van der Waals surface area contributed by atoms with Gasteiger partial charge in [0.05, 0.1) is 0 Å². The maximum absolute atomic E-state index is 12.3. The van der Waals surface area contributed by atoms with E-state index in [0.29, 0.717) is 30.2 Å². The summed E-state index contributed by atoms with van der Waals surface area (Å²) in [6, 6.07) is 13.2. The second kappa shape index (κ2) is 21.4. The molecule has 13 nitrogen and oxygen atoms in total. The number of ether oxygens (including phenoxy) is 2. The minimum Gasteiger partial charge on any atom is -0.444 e. The van der Waals surface area contributed by atoms with Crippen LogP contribution in [-0.2, 0) is 16.0 Å². The highest BCUT2D eigenvalue weighted by Gasteiger charge is 2.33. The monoisotopic (exact) mass is 884 g/mol. The van der Waals surface area contributed by atoms with Crippen molar-refractivity contribution in [3.8, 4) is 0 Å². The molecule has 6 aliphatic rings. The maximum Gasteiger partial charge on any atom is 0.410 e. The number of rotatable bonds is 5. The van der Waals surface area contributed by atoms with E-state index in [4.69, 9.17) is 32.7 Å². The average molecular weight is 886 g/mol. The summed E-state index contributed by atoms with van der Waals surface area (Å²) in [5.41, 5.74) is 3.51. The van der Waals surface area contributed by atoms with Crippen LogP contribution in [0.5, 0.6) is 0 Å². The highest BCUT2D eigenvalue weighted by molar-refractivity contribution is 6.31. The molecular weight excluding hydrogens is 815 g/mol. The fraction of sp³-hybridized carbons (Fsp3) is 0.674. The van der Waals surface area contributed by atoms with Gasteiger partial charge in [-0.3, -0.25) is 19.5 Å². The van der Waals surface area contributed by atoms with Crippen molar-refractivity contribution in [3.05, 3.63) is 57.6 Å². The number of carbonyl (C=O) groups is 3. The fourth-order valence-electron chi connectivity index (χ4n) is 9.11. The molecule has 2 aromatic rings. The van der Waals surface area contributed by atoms with Crippen molar-refractivity contribution >= 4 is 53.0 Å². The number of hydrogen-bond donors (Lipinski definition) is 1. The molecule has 2 atom stereocenters. The van der Waals surface area contributed by atoms with Crippen molar-refractivity contribution in [1.82, 2.24) is 29.8 Å². The van der Waals surface area contributed by atoms with Crippen molar-refractivity contribution in [2.75, 3.05) is 115 Å². The van der Waals surface area contributed by atoms with E-state index >= 15 is 0 Å². The summed E-state index contributed by atoms with van der Waals surface area (Å²) in [4.78, 5) is 51.0. The van der Waals surface area contributed by atoms with Crippen LogP contribution in [-0.4, -0.2) is 171 Å². The molecule has 0 radical (unpaired) electrons. The van der Waals surface area contributed by atoms with Crippen LogP contribution in [0.1, 0.15) is 83.1 Å². The number of hydrogen-bond acceptors (Lipinski definition) is 11. The predicted molar refractivity (Wildman–Crippen MR) is 246 cm³/mol. The molecule has 61 heavy (non-hydrogen) atoms. The molecule has 0 unspecified atom stereocenters. The number of carbonyl (C=O) groups excluding carboxylic acids is 3. The first-order chi connectivity index (χ1) is 29.0. The smallest absolute Gasteiger partial charge is 0.410 e. The van der Waals surface area contributed by atoms with E-state index in [-0.39, 0.29) is 17.8 Å². The zero-order chi connectivity index (χ0) is 43.7. The second-order valence-corrected chi connectivity index (χ2v) is 20.0. The van der Waals surface area contributed by atoms with Crippen LogP contribution >= 0.6 is 23.2 Å². The second-order valence-electron chi connectivity index (χ2n) is 19.1. The molecule has 15 heteroatoms. The average Bonchev–Trinajstić information content (AvgIpc) is 3.91. The van der Waals surface area contributed by atoms with Crippen LogP contribution in [0.2, 0.25) is 10.0 Å². The Kier molecular flexibility index (Phi) is 16.5. The van der Waals surface area contributed by atoms with Crippen LogP contribution in [0.4, 0.5) is 21.0 Å². The molecule has 338 valence electrons. The molecule has 0 spiro atoms. The van der Waals surface area contributed by atoms with E-state index in [0.717, 1.165) is 108 Å². The van der Waals surface area contributed by atoms with E-state index in [2.05, 4.69) is 41.9 Å². The molecule has 0 bridgehead atoms. The number of nitrogens with one attached hydrogen (secondary N) is 1. The lowest BCUT2D eigenvalue weighted by Crippen LogP contribution is -2.51. The van der Waals surface area contributed by atoms with Gasteiger partial charge in [0.25, 0.3) is 0 Å². The number of anilines is 2. The third kappa shape index (κ3) is 13.8. The van der Waals surface area contributed by atoms with Gasteiger partial charge in [-0.15, -0.1) is 0 Å². The lowest BCUT2D eigenvalue weighted by Gasteiger charge is -2.40. The number of amides is 2. The number of benzene rings is 2. The van der Waals surface area contributed by atoms with E-state index in [1.165, 1.54) is 50.0 Å². The van der Waals surface area contributed by atoms with Gasteiger partial charge in [-0.1, -0.05) is 29.3 Å². The van der Waals surface area contributed by atoms with Crippen LogP contribution in [0.3, 0.4) is 0 Å². The Labute approximate surface area is 374 Å². The summed E-state index contributed by atoms with van der Waals surface area (Å²) in [6.07, 6.45) is 5.72. The van der Waals surface area contributed by atoms with Gasteiger partial charge in [-0.25, -0.2) is 9.59 Å². The molecule has 2 amide bonds. The summed E-state index contributed by atoms with van der Waals surface area (Å²) < 4.78 is 10.8. The van der Waals surface area contributed by atoms with Crippen LogP contribution in [0, 0.1) is 0 Å². The van der Waals surface area contributed by atoms with Gasteiger partial charge < -0.3 is 34.4 Å². The first kappa shape index (κ1) is 47.2. The quantitative estimate of drug-likeness (QED) is 0.316. The molecule has 0 aliphatic carbocycles. The summed E-state index contributed by atoms with van der Waals surface area (Å²) in [5, 5.41) is 4.68. The van der Waals surface area contributed by atoms with Gasteiger partial charge in [-0.05, 0) is 116 Å². The Morgan fingerprint density at radius 1 is 0.656 bits per heavy atom. The van der Waals surface area contributed by atoms with Crippen molar-refractivity contribution in [2.45, 2.75) is 97.1 Å². The van der Waals surface area contributed by atoms with E-state index in [1.807, 2.05) is 64.6 Å². The first-order valence-corrected chi connectivity index (χ1v) is 23.2. The van der Waals surface area contributed by atoms with Crippen LogP contribution < -0.4 is 15.1 Å². The molecule has 8 rings (SSSR count). The van der Waals surface area contributed by atoms with Gasteiger partial charge in [0.1, 0.15) is 11.2 Å². The Morgan fingerprint density at radius 2 is 1.15 bits per heavy atom. The highest BCUT2D eigenvalue weighted by Crippen LogP contribution is 2.32. The lowest BCUT2D eigenvalue weighted by molar-refractivity contribution is 0.0138. The largest absolute Gasteiger partial charge is 0.444 e. The Morgan fingerprint density at radius 3 is 1.67 bits per heavy atom. The molecule has 6 saturated heterocycles. The number of aldehydes is 1. The third-order valence-corrected chi connectivity index (χ3v) is 12.7. The summed E-state index contributed by atoms with van der Waals surface area (Å²) in [6.45, 7) is 27.5. The zero-order valence-electron chi connectivity index (χ0n) is 37.5. The minimum absolute atomic E-state index is 0.200. The van der Waals surface area contributed by atoms with Crippen LogP contribution in [0.25, 0.3) is 0 Å². The van der Waals surface area contributed by atoms with Crippen molar-refractivity contribution < 1.29 is 23.9 Å². The molecule has 0 saturated carbocycles.